The Balaban J connectivity index is 1.40. The van der Waals surface area contributed by atoms with Crippen LogP contribution in [0.2, 0.25) is 0 Å². The maximum absolute atomic E-state index is 13.6. The second-order valence-electron chi connectivity index (χ2n) is 12.4. The first-order valence-corrected chi connectivity index (χ1v) is 14.3. The van der Waals surface area contributed by atoms with Crippen molar-refractivity contribution >= 4 is 23.5 Å². The molecular formula is C32H34O12. The van der Waals surface area contributed by atoms with E-state index in [1.807, 2.05) is 0 Å². The lowest BCUT2D eigenvalue weighted by Crippen LogP contribution is -2.53. The van der Waals surface area contributed by atoms with Crippen molar-refractivity contribution in [1.82, 2.24) is 0 Å². The van der Waals surface area contributed by atoms with Gasteiger partial charge in [-0.05, 0) is 51.0 Å². The monoisotopic (exact) mass is 610 g/mol. The van der Waals surface area contributed by atoms with Crippen LogP contribution in [0.15, 0.2) is 12.1 Å². The average molecular weight is 611 g/mol. The molecule has 2 N–H and O–H groups in total. The third-order valence-electron chi connectivity index (χ3n) is 9.18. The Morgan fingerprint density at radius 3 is 1.39 bits per heavy atom. The summed E-state index contributed by atoms with van der Waals surface area (Å²) >= 11 is 0. The number of phenols is 2. The van der Waals surface area contributed by atoms with E-state index >= 15 is 0 Å². The van der Waals surface area contributed by atoms with Crippen molar-refractivity contribution in [2.24, 2.45) is 0 Å². The van der Waals surface area contributed by atoms with Gasteiger partial charge in [-0.25, -0.2) is 0 Å². The number of cyclic esters (lactones) is 2. The zero-order chi connectivity index (χ0) is 31.9. The van der Waals surface area contributed by atoms with Gasteiger partial charge in [0.05, 0.1) is 25.7 Å². The molecule has 4 aliphatic rings. The van der Waals surface area contributed by atoms with Gasteiger partial charge >= 0.3 is 11.9 Å². The number of phenolic OH excluding ortho intramolecular Hbond substituents is 2. The molecule has 0 aliphatic carbocycles. The molecule has 2 aromatic carbocycles. The lowest BCUT2D eigenvalue weighted by Gasteiger charge is -2.40. The first-order valence-electron chi connectivity index (χ1n) is 14.3. The SMILES string of the molecule is CO[C@H]1CC(=O)O[C@@H]1[C@@]1(C)CC(=O)c2c(cc(C)c(-c3c(C)cc4c(c3O)C(=O)C[C@](C)([C@H]3OC(=O)C[C@@H]3OC)O4)c2O)O1. The highest BCUT2D eigenvalue weighted by atomic mass is 16.6. The van der Waals surface area contributed by atoms with Crippen molar-refractivity contribution in [3.05, 3.63) is 34.4 Å². The largest absolute Gasteiger partial charge is 0.506 e. The number of rotatable bonds is 5. The molecule has 0 unspecified atom stereocenters. The number of fused-ring (bicyclic) bond motifs is 2. The van der Waals surface area contributed by atoms with E-state index in [0.717, 1.165) is 0 Å². The van der Waals surface area contributed by atoms with E-state index in [1.54, 1.807) is 39.8 Å². The summed E-state index contributed by atoms with van der Waals surface area (Å²) in [6, 6.07) is 3.15. The summed E-state index contributed by atoms with van der Waals surface area (Å²) < 4.78 is 34.3. The second kappa shape index (κ2) is 10.2. The van der Waals surface area contributed by atoms with Crippen LogP contribution in [-0.4, -0.2) is 83.6 Å². The number of aromatic hydroxyl groups is 2. The summed E-state index contributed by atoms with van der Waals surface area (Å²) in [5.74, 6) is -2.44. The first-order chi connectivity index (χ1) is 20.7. The molecule has 12 nitrogen and oxygen atoms in total. The highest BCUT2D eigenvalue weighted by Gasteiger charge is 2.55. The number of hydrogen-bond donors (Lipinski definition) is 2. The predicted molar refractivity (Wildman–Crippen MR) is 151 cm³/mol. The van der Waals surface area contributed by atoms with Gasteiger partial charge in [-0.1, -0.05) is 0 Å². The van der Waals surface area contributed by atoms with E-state index in [4.69, 9.17) is 28.4 Å². The minimum atomic E-state index is -1.24. The number of esters is 2. The molecule has 2 saturated heterocycles. The lowest BCUT2D eigenvalue weighted by atomic mass is 9.81. The number of hydrogen-bond acceptors (Lipinski definition) is 12. The zero-order valence-electron chi connectivity index (χ0n) is 25.3. The van der Waals surface area contributed by atoms with Crippen LogP contribution < -0.4 is 9.47 Å². The number of ketones is 2. The number of methoxy groups -OCH3 is 2. The van der Waals surface area contributed by atoms with Crippen molar-refractivity contribution in [3.8, 4) is 34.1 Å². The van der Waals surface area contributed by atoms with E-state index in [0.29, 0.717) is 11.1 Å². The lowest BCUT2D eigenvalue weighted by molar-refractivity contribution is -0.154. The first kappa shape index (κ1) is 29.9. The summed E-state index contributed by atoms with van der Waals surface area (Å²) in [5, 5.41) is 23.1. The molecule has 2 fully saturated rings. The van der Waals surface area contributed by atoms with Crippen LogP contribution in [0.5, 0.6) is 23.0 Å². The quantitative estimate of drug-likeness (QED) is 0.475. The molecule has 0 aromatic heterocycles. The molecule has 6 atom stereocenters. The van der Waals surface area contributed by atoms with E-state index in [1.165, 1.54) is 14.2 Å². The molecule has 2 aromatic rings. The summed E-state index contributed by atoms with van der Waals surface area (Å²) in [5.41, 5.74) is -1.41. The topological polar surface area (TPSA) is 164 Å². The molecule has 0 spiro atoms. The Bertz CT molecular complexity index is 1510. The molecule has 0 amide bonds. The van der Waals surface area contributed by atoms with E-state index in [2.05, 4.69) is 0 Å². The number of carbonyl (C=O) groups is 4. The standard InChI is InChI=1S/C32H34O12/c1-13-7-17-25(15(33)11-31(3,43-17)29-19(39-5)9-21(35)41-29)27(37)23(13)24-14(2)8-18-26(28(24)38)16(34)12-32(4,44-18)30-20(40-6)10-22(36)42-30/h7-8,19-20,29-30,37-38H,9-12H2,1-6H3/t19-,20-,29-,30-,31+,32+/m0/s1. The van der Waals surface area contributed by atoms with Gasteiger partial charge in [0.15, 0.2) is 35.0 Å². The van der Waals surface area contributed by atoms with Crippen molar-refractivity contribution in [2.75, 3.05) is 14.2 Å². The Morgan fingerprint density at radius 2 is 1.05 bits per heavy atom. The van der Waals surface area contributed by atoms with E-state index < -0.39 is 70.6 Å². The van der Waals surface area contributed by atoms with Gasteiger partial charge in [0.2, 0.25) is 0 Å². The fourth-order valence-corrected chi connectivity index (χ4v) is 7.10. The molecule has 4 aliphatic heterocycles. The molecule has 4 heterocycles. The normalized spacial score (nSPS) is 31.1. The number of carbonyl (C=O) groups excluding carboxylic acids is 4. The second-order valence-corrected chi connectivity index (χ2v) is 12.4. The fourth-order valence-electron chi connectivity index (χ4n) is 7.10. The van der Waals surface area contributed by atoms with Gasteiger partial charge in [0.25, 0.3) is 0 Å². The minimum Gasteiger partial charge on any atom is -0.506 e. The highest BCUT2D eigenvalue weighted by Crippen LogP contribution is 2.53. The van der Waals surface area contributed by atoms with Crippen molar-refractivity contribution < 1.29 is 57.8 Å². The van der Waals surface area contributed by atoms with E-state index in [9.17, 15) is 29.4 Å². The Kier molecular flexibility index (Phi) is 6.93. The third kappa shape index (κ3) is 4.42. The molecule has 44 heavy (non-hydrogen) atoms. The predicted octanol–water partition coefficient (Wildman–Crippen LogP) is 3.49. The summed E-state index contributed by atoms with van der Waals surface area (Å²) in [4.78, 5) is 51.2. The molecule has 0 bridgehead atoms. The van der Waals surface area contributed by atoms with Crippen LogP contribution in [0, 0.1) is 13.8 Å². The molecule has 12 heteroatoms. The maximum Gasteiger partial charge on any atom is 0.309 e. The average Bonchev–Trinajstić information content (AvgIpc) is 3.52. The Hall–Kier alpha value is -4.16. The van der Waals surface area contributed by atoms with Crippen molar-refractivity contribution in [2.45, 2.75) is 89.0 Å². The molecule has 0 saturated carbocycles. The van der Waals surface area contributed by atoms with Gasteiger partial charge in [-0.3, -0.25) is 19.2 Å². The van der Waals surface area contributed by atoms with Crippen molar-refractivity contribution in [1.29, 1.82) is 0 Å². The van der Waals surface area contributed by atoms with Crippen LogP contribution >= 0.6 is 0 Å². The van der Waals surface area contributed by atoms with Crippen LogP contribution in [0.25, 0.3) is 11.1 Å². The number of benzene rings is 2. The smallest absolute Gasteiger partial charge is 0.309 e. The number of Topliss-reactive ketones (excluding diaryl/α,β-unsaturated/α-hetero) is 2. The minimum absolute atomic E-state index is 0.0294. The Morgan fingerprint density at radius 1 is 0.682 bits per heavy atom. The maximum atomic E-state index is 13.6. The van der Waals surface area contributed by atoms with Crippen LogP contribution in [-0.2, 0) is 28.5 Å². The molecule has 234 valence electrons. The van der Waals surface area contributed by atoms with Gasteiger partial charge in [-0.15, -0.1) is 0 Å². The Labute approximate surface area is 253 Å². The number of ether oxygens (including phenoxy) is 6. The van der Waals surface area contributed by atoms with Crippen LogP contribution in [0.3, 0.4) is 0 Å². The molecular weight excluding hydrogens is 576 g/mol. The molecule has 6 rings (SSSR count). The third-order valence-corrected chi connectivity index (χ3v) is 9.18. The summed E-state index contributed by atoms with van der Waals surface area (Å²) in [6.07, 6.45) is -3.24. The van der Waals surface area contributed by atoms with Crippen LogP contribution in [0.1, 0.15) is 71.4 Å². The van der Waals surface area contributed by atoms with E-state index in [-0.39, 0.29) is 59.4 Å². The zero-order valence-corrected chi connectivity index (χ0v) is 25.3. The number of aryl methyl sites for hydroxylation is 2. The van der Waals surface area contributed by atoms with Gasteiger partial charge in [0, 0.05) is 25.3 Å². The van der Waals surface area contributed by atoms with Gasteiger partial charge < -0.3 is 38.6 Å². The summed E-state index contributed by atoms with van der Waals surface area (Å²) in [6.45, 7) is 6.67. The molecule has 0 radical (unpaired) electrons. The van der Waals surface area contributed by atoms with Crippen molar-refractivity contribution in [3.63, 3.8) is 0 Å². The van der Waals surface area contributed by atoms with Gasteiger partial charge in [-0.2, -0.15) is 0 Å². The highest BCUT2D eigenvalue weighted by molar-refractivity contribution is 6.08. The van der Waals surface area contributed by atoms with Gasteiger partial charge in [0.1, 0.15) is 46.3 Å². The van der Waals surface area contributed by atoms with Crippen LogP contribution in [0.4, 0.5) is 0 Å². The fraction of sp³-hybridized carbons (Fsp3) is 0.500. The summed E-state index contributed by atoms with van der Waals surface area (Å²) in [7, 11) is 2.90.